The number of H-pyrrole nitrogens is 1. The number of para-hydroxylation sites is 1. The minimum Gasteiger partial charge on any atom is -0.421 e. The van der Waals surface area contributed by atoms with Crippen LogP contribution in [0.25, 0.3) is 22.0 Å². The van der Waals surface area contributed by atoms with Crippen LogP contribution in [0.3, 0.4) is 0 Å². The number of benzene rings is 4. The molecular formula is C30H18Br2F3N3O3. The fourth-order valence-corrected chi connectivity index (χ4v) is 5.53. The maximum Gasteiger partial charge on any atom is 0.416 e. The van der Waals surface area contributed by atoms with Crippen molar-refractivity contribution in [3.8, 4) is 16.9 Å². The topological polar surface area (TPSA) is 83.5 Å². The largest absolute Gasteiger partial charge is 0.421 e. The zero-order chi connectivity index (χ0) is 29.1. The van der Waals surface area contributed by atoms with Crippen molar-refractivity contribution in [3.05, 3.63) is 122 Å². The fourth-order valence-electron chi connectivity index (χ4n) is 4.19. The van der Waals surface area contributed by atoms with E-state index >= 15 is 0 Å². The van der Waals surface area contributed by atoms with Gasteiger partial charge in [0.15, 0.2) is 5.75 Å². The Labute approximate surface area is 248 Å². The molecule has 41 heavy (non-hydrogen) atoms. The number of hydrogen-bond donors (Lipinski definition) is 2. The number of fused-ring (bicyclic) bond motifs is 1. The molecule has 2 N–H and O–H groups in total. The Hall–Kier alpha value is -4.22. The Bertz CT molecular complexity index is 1800. The first kappa shape index (κ1) is 28.3. The summed E-state index contributed by atoms with van der Waals surface area (Å²) in [7, 11) is 0. The van der Waals surface area contributed by atoms with E-state index in [0.29, 0.717) is 20.7 Å². The second-order valence-corrected chi connectivity index (χ2v) is 10.5. The second kappa shape index (κ2) is 11.7. The van der Waals surface area contributed by atoms with Gasteiger partial charge in [-0.15, -0.1) is 0 Å². The van der Waals surface area contributed by atoms with Crippen LogP contribution in [0.4, 0.5) is 13.2 Å². The molecule has 4 aromatic carbocycles. The second-order valence-electron chi connectivity index (χ2n) is 8.76. The van der Waals surface area contributed by atoms with E-state index in [2.05, 4.69) is 47.4 Å². The highest BCUT2D eigenvalue weighted by Crippen LogP contribution is 2.35. The summed E-state index contributed by atoms with van der Waals surface area (Å²) >= 11 is 6.67. The number of esters is 1. The van der Waals surface area contributed by atoms with Crippen LogP contribution in [-0.2, 0) is 6.18 Å². The van der Waals surface area contributed by atoms with Gasteiger partial charge >= 0.3 is 12.1 Å². The molecule has 0 unspecified atom stereocenters. The molecule has 0 aliphatic rings. The molecule has 0 aliphatic heterocycles. The molecule has 6 nitrogen and oxygen atoms in total. The monoisotopic (exact) mass is 683 g/mol. The third-order valence-electron chi connectivity index (χ3n) is 6.02. The summed E-state index contributed by atoms with van der Waals surface area (Å²) in [6.07, 6.45) is -3.34. The summed E-state index contributed by atoms with van der Waals surface area (Å²) < 4.78 is 45.8. The van der Waals surface area contributed by atoms with Crippen molar-refractivity contribution >= 4 is 60.9 Å². The van der Waals surface area contributed by atoms with Crippen molar-refractivity contribution < 1.29 is 27.5 Å². The summed E-state index contributed by atoms with van der Waals surface area (Å²) in [5, 5.41) is 4.93. The molecule has 0 spiro atoms. The minimum atomic E-state index is -4.62. The molecule has 0 bridgehead atoms. The van der Waals surface area contributed by atoms with Crippen LogP contribution >= 0.6 is 31.9 Å². The third-order valence-corrected chi connectivity index (χ3v) is 7.07. The number of nitrogens with zero attached hydrogens (tertiary/aromatic N) is 1. The van der Waals surface area contributed by atoms with Crippen LogP contribution in [0.5, 0.6) is 5.75 Å². The van der Waals surface area contributed by atoms with E-state index in [-0.39, 0.29) is 16.9 Å². The molecule has 1 heterocycles. The molecule has 0 atom stereocenters. The predicted octanol–water partition coefficient (Wildman–Crippen LogP) is 8.36. The Morgan fingerprint density at radius 2 is 1.63 bits per heavy atom. The predicted molar refractivity (Wildman–Crippen MR) is 157 cm³/mol. The molecule has 0 saturated carbocycles. The number of carbonyl (C=O) groups is 2. The van der Waals surface area contributed by atoms with Gasteiger partial charge < -0.3 is 9.72 Å². The summed E-state index contributed by atoms with van der Waals surface area (Å²) in [4.78, 5) is 29.2. The number of aromatic nitrogens is 1. The number of nitrogens with one attached hydrogen (secondary N) is 2. The molecule has 11 heteroatoms. The van der Waals surface area contributed by atoms with Crippen molar-refractivity contribution in [1.82, 2.24) is 10.4 Å². The van der Waals surface area contributed by atoms with Gasteiger partial charge in [0.25, 0.3) is 5.91 Å². The van der Waals surface area contributed by atoms with Crippen molar-refractivity contribution in [3.63, 3.8) is 0 Å². The van der Waals surface area contributed by atoms with E-state index in [4.69, 9.17) is 4.74 Å². The lowest BCUT2D eigenvalue weighted by atomic mass is 10.0. The van der Waals surface area contributed by atoms with Crippen LogP contribution in [0.2, 0.25) is 0 Å². The molecule has 0 saturated heterocycles. The van der Waals surface area contributed by atoms with Gasteiger partial charge in [0, 0.05) is 26.5 Å². The highest BCUT2D eigenvalue weighted by molar-refractivity contribution is 9.11. The zero-order valence-electron chi connectivity index (χ0n) is 20.8. The van der Waals surface area contributed by atoms with E-state index in [1.54, 1.807) is 12.1 Å². The summed E-state index contributed by atoms with van der Waals surface area (Å²) in [6.45, 7) is 0. The van der Waals surface area contributed by atoms with Crippen molar-refractivity contribution in [2.24, 2.45) is 5.10 Å². The average Bonchev–Trinajstić information content (AvgIpc) is 3.34. The van der Waals surface area contributed by atoms with Crippen LogP contribution in [0, 0.1) is 0 Å². The van der Waals surface area contributed by atoms with Gasteiger partial charge in [-0.2, -0.15) is 18.3 Å². The lowest BCUT2D eigenvalue weighted by Gasteiger charge is -2.12. The van der Waals surface area contributed by atoms with Crippen LogP contribution in [0.1, 0.15) is 32.0 Å². The molecule has 1 aromatic heterocycles. The van der Waals surface area contributed by atoms with Crippen molar-refractivity contribution in [2.45, 2.75) is 6.18 Å². The number of amides is 1. The van der Waals surface area contributed by atoms with E-state index in [1.807, 2.05) is 54.6 Å². The highest BCUT2D eigenvalue weighted by Gasteiger charge is 2.31. The average molecular weight is 685 g/mol. The minimum absolute atomic E-state index is 0.00389. The van der Waals surface area contributed by atoms with Crippen molar-refractivity contribution in [1.29, 1.82) is 0 Å². The molecule has 5 aromatic rings. The molecule has 206 valence electrons. The maximum absolute atomic E-state index is 13.2. The highest BCUT2D eigenvalue weighted by atomic mass is 79.9. The Balaban J connectivity index is 1.42. The first-order valence-electron chi connectivity index (χ1n) is 12.0. The quantitative estimate of drug-likeness (QED) is 0.0816. The molecule has 5 rings (SSSR count). The number of rotatable bonds is 6. The van der Waals surface area contributed by atoms with Gasteiger partial charge in [-0.1, -0.05) is 70.5 Å². The normalized spacial score (nSPS) is 11.6. The smallest absolute Gasteiger partial charge is 0.416 e. The third kappa shape index (κ3) is 6.26. The molecule has 0 radical (unpaired) electrons. The Morgan fingerprint density at radius 1 is 0.902 bits per heavy atom. The first-order chi connectivity index (χ1) is 19.6. The fraction of sp³-hybridized carbons (Fsp3) is 0.0333. The van der Waals surface area contributed by atoms with Gasteiger partial charge in [0.05, 0.1) is 21.8 Å². The SMILES string of the molecule is O=C(Oc1c(Br)cc(Br)cc1C=NNC(=O)c1[nH]c2ccccc2c1-c1ccccc1)c1cccc(C(F)(F)F)c1. The lowest BCUT2D eigenvalue weighted by molar-refractivity contribution is -0.137. The standard InChI is InChI=1S/C30H18Br2F3N3O3/c31-21-14-19(27(23(32)15-21)41-29(40)18-9-6-10-20(13-18)30(33,34)35)16-36-38-28(39)26-25(17-7-2-1-3-8-17)22-11-4-5-12-24(22)37-26/h1-16,37H,(H,38,39). The Morgan fingerprint density at radius 3 is 2.39 bits per heavy atom. The van der Waals surface area contributed by atoms with Crippen LogP contribution in [0.15, 0.2) is 105 Å². The van der Waals surface area contributed by atoms with Crippen molar-refractivity contribution in [2.75, 3.05) is 0 Å². The van der Waals surface area contributed by atoms with Gasteiger partial charge in [-0.3, -0.25) is 4.79 Å². The van der Waals surface area contributed by atoms with Gasteiger partial charge in [0.1, 0.15) is 5.69 Å². The Kier molecular flexibility index (Phi) is 8.09. The van der Waals surface area contributed by atoms with Gasteiger partial charge in [0.2, 0.25) is 0 Å². The molecule has 0 aliphatic carbocycles. The van der Waals surface area contributed by atoms with E-state index in [1.165, 1.54) is 12.3 Å². The summed E-state index contributed by atoms with van der Waals surface area (Å²) in [5.41, 5.74) is 4.16. The van der Waals surface area contributed by atoms with E-state index in [0.717, 1.165) is 34.2 Å². The summed E-state index contributed by atoms with van der Waals surface area (Å²) in [5.74, 6) is -1.50. The van der Waals surface area contributed by atoms with Crippen LogP contribution < -0.4 is 10.2 Å². The molecule has 0 fully saturated rings. The maximum atomic E-state index is 13.2. The number of halogens is 5. The van der Waals surface area contributed by atoms with Crippen LogP contribution in [-0.4, -0.2) is 23.1 Å². The van der Waals surface area contributed by atoms with E-state index in [9.17, 15) is 22.8 Å². The molecular weight excluding hydrogens is 667 g/mol. The lowest BCUT2D eigenvalue weighted by Crippen LogP contribution is -2.19. The number of alkyl halides is 3. The number of aromatic amines is 1. The zero-order valence-corrected chi connectivity index (χ0v) is 24.0. The van der Waals surface area contributed by atoms with E-state index < -0.39 is 23.6 Å². The first-order valence-corrected chi connectivity index (χ1v) is 13.6. The van der Waals surface area contributed by atoms with Gasteiger partial charge in [-0.05, 0) is 57.9 Å². The summed E-state index contributed by atoms with van der Waals surface area (Å²) in [6, 6.07) is 24.1. The number of hydrazone groups is 1. The molecule has 1 amide bonds. The number of hydrogen-bond acceptors (Lipinski definition) is 4. The number of ether oxygens (including phenoxy) is 1. The number of carbonyl (C=O) groups excluding carboxylic acids is 2. The van der Waals surface area contributed by atoms with Gasteiger partial charge in [-0.25, -0.2) is 10.2 Å².